The van der Waals surface area contributed by atoms with Crippen LogP contribution in [0.25, 0.3) is 10.6 Å². The fourth-order valence-electron chi connectivity index (χ4n) is 3.68. The van der Waals surface area contributed by atoms with Crippen molar-refractivity contribution >= 4 is 23.2 Å². The predicted octanol–water partition coefficient (Wildman–Crippen LogP) is 2.88. The molecule has 2 amide bonds. The minimum Gasteiger partial charge on any atom is -0.348 e. The Morgan fingerprint density at radius 2 is 1.84 bits per heavy atom. The molecule has 1 fully saturated rings. The van der Waals surface area contributed by atoms with Crippen LogP contribution in [0.5, 0.6) is 0 Å². The Kier molecular flexibility index (Phi) is 6.48. The summed E-state index contributed by atoms with van der Waals surface area (Å²) in [7, 11) is 2.06. The first-order valence-corrected chi connectivity index (χ1v) is 11.3. The second-order valence-electron chi connectivity index (χ2n) is 7.85. The molecule has 0 bridgehead atoms. The number of rotatable bonds is 6. The van der Waals surface area contributed by atoms with Gasteiger partial charge >= 0.3 is 0 Å². The van der Waals surface area contributed by atoms with Gasteiger partial charge in [-0.2, -0.15) is 5.10 Å². The first kappa shape index (κ1) is 21.3. The monoisotopic (exact) mass is 437 g/mol. The van der Waals surface area contributed by atoms with Gasteiger partial charge < -0.3 is 15.1 Å². The maximum atomic E-state index is 13.0. The Hall–Kier alpha value is -2.97. The standard InChI is InChI=1S/C23H27N5O2S/c1-17(18-7-4-3-5-8-18)24-22(29)16-28-20(21-9-6-14-31-21)15-19(25-28)23(30)27-12-10-26(2)11-13-27/h3-9,14-15,17H,10-13,16H2,1-2H3,(H,24,29)/t17-/m0/s1. The van der Waals surface area contributed by atoms with Gasteiger partial charge in [0.25, 0.3) is 5.91 Å². The van der Waals surface area contributed by atoms with Crippen LogP contribution in [-0.4, -0.2) is 64.6 Å². The van der Waals surface area contributed by atoms with Crippen LogP contribution < -0.4 is 5.32 Å². The molecule has 1 N–H and O–H groups in total. The van der Waals surface area contributed by atoms with Crippen LogP contribution in [0.4, 0.5) is 0 Å². The fourth-order valence-corrected chi connectivity index (χ4v) is 4.43. The maximum absolute atomic E-state index is 13.0. The van der Waals surface area contributed by atoms with Crippen LogP contribution in [0.3, 0.4) is 0 Å². The van der Waals surface area contributed by atoms with Gasteiger partial charge in [-0.3, -0.25) is 14.3 Å². The summed E-state index contributed by atoms with van der Waals surface area (Å²) >= 11 is 1.56. The van der Waals surface area contributed by atoms with Gasteiger partial charge in [0.15, 0.2) is 5.69 Å². The van der Waals surface area contributed by atoms with E-state index in [0.717, 1.165) is 29.2 Å². The molecule has 3 heterocycles. The first-order valence-electron chi connectivity index (χ1n) is 10.4. The van der Waals surface area contributed by atoms with Crippen molar-refractivity contribution in [3.63, 3.8) is 0 Å². The molecule has 1 aromatic carbocycles. The molecule has 0 unspecified atom stereocenters. The number of hydrogen-bond acceptors (Lipinski definition) is 5. The number of aromatic nitrogens is 2. The van der Waals surface area contributed by atoms with E-state index in [-0.39, 0.29) is 24.4 Å². The van der Waals surface area contributed by atoms with E-state index < -0.39 is 0 Å². The molecule has 1 aliphatic rings. The lowest BCUT2D eigenvalue weighted by Crippen LogP contribution is -2.47. The molecular formula is C23H27N5O2S. The van der Waals surface area contributed by atoms with E-state index in [0.29, 0.717) is 18.8 Å². The van der Waals surface area contributed by atoms with Crippen molar-refractivity contribution in [2.24, 2.45) is 0 Å². The van der Waals surface area contributed by atoms with Crippen molar-refractivity contribution in [3.05, 3.63) is 65.2 Å². The number of nitrogens with zero attached hydrogens (tertiary/aromatic N) is 4. The van der Waals surface area contributed by atoms with E-state index >= 15 is 0 Å². The van der Waals surface area contributed by atoms with Gasteiger partial charge in [0.1, 0.15) is 6.54 Å². The van der Waals surface area contributed by atoms with Crippen LogP contribution in [0, 0.1) is 0 Å². The van der Waals surface area contributed by atoms with E-state index in [1.165, 1.54) is 0 Å². The molecule has 0 aliphatic carbocycles. The van der Waals surface area contributed by atoms with E-state index in [4.69, 9.17) is 0 Å². The number of amides is 2. The Morgan fingerprint density at radius 3 is 2.52 bits per heavy atom. The van der Waals surface area contributed by atoms with Gasteiger partial charge in [-0.1, -0.05) is 36.4 Å². The summed E-state index contributed by atoms with van der Waals surface area (Å²) in [4.78, 5) is 30.8. The highest BCUT2D eigenvalue weighted by Crippen LogP contribution is 2.26. The number of carbonyl (C=O) groups excluding carboxylic acids is 2. The van der Waals surface area contributed by atoms with Crippen molar-refractivity contribution in [2.45, 2.75) is 19.5 Å². The molecule has 0 radical (unpaired) electrons. The summed E-state index contributed by atoms with van der Waals surface area (Å²) in [6.07, 6.45) is 0. The lowest BCUT2D eigenvalue weighted by atomic mass is 10.1. The minimum absolute atomic E-state index is 0.0560. The molecule has 1 aliphatic heterocycles. The number of carbonyl (C=O) groups is 2. The van der Waals surface area contributed by atoms with Crippen LogP contribution in [0.15, 0.2) is 53.9 Å². The number of nitrogens with one attached hydrogen (secondary N) is 1. The average molecular weight is 438 g/mol. The minimum atomic E-state index is -0.143. The van der Waals surface area contributed by atoms with Crippen LogP contribution >= 0.6 is 11.3 Å². The van der Waals surface area contributed by atoms with Crippen LogP contribution in [0.1, 0.15) is 29.0 Å². The number of thiophene rings is 1. The Morgan fingerprint density at radius 1 is 1.10 bits per heavy atom. The molecule has 3 aromatic rings. The van der Waals surface area contributed by atoms with Gasteiger partial charge in [-0.05, 0) is 37.0 Å². The third kappa shape index (κ3) is 5.03. The molecule has 1 saturated heterocycles. The zero-order valence-electron chi connectivity index (χ0n) is 17.8. The zero-order chi connectivity index (χ0) is 21.8. The predicted molar refractivity (Wildman–Crippen MR) is 122 cm³/mol. The average Bonchev–Trinajstić information content (AvgIpc) is 3.44. The van der Waals surface area contributed by atoms with E-state index in [1.54, 1.807) is 22.1 Å². The molecular weight excluding hydrogens is 410 g/mol. The van der Waals surface area contributed by atoms with Crippen molar-refractivity contribution in [3.8, 4) is 10.6 Å². The van der Waals surface area contributed by atoms with Crippen LogP contribution in [-0.2, 0) is 11.3 Å². The third-order valence-corrected chi connectivity index (χ3v) is 6.43. The topological polar surface area (TPSA) is 70.5 Å². The highest BCUT2D eigenvalue weighted by molar-refractivity contribution is 7.13. The summed E-state index contributed by atoms with van der Waals surface area (Å²) in [6.45, 7) is 5.09. The molecule has 0 saturated carbocycles. The lowest BCUT2D eigenvalue weighted by molar-refractivity contribution is -0.122. The summed E-state index contributed by atoms with van der Waals surface area (Å²) < 4.78 is 1.64. The number of benzene rings is 1. The van der Waals surface area contributed by atoms with Gasteiger partial charge in [0, 0.05) is 26.2 Å². The Balaban J connectivity index is 1.52. The lowest BCUT2D eigenvalue weighted by Gasteiger charge is -2.31. The summed E-state index contributed by atoms with van der Waals surface area (Å²) in [5, 5.41) is 9.54. The van der Waals surface area contributed by atoms with E-state index in [1.807, 2.05) is 59.7 Å². The highest BCUT2D eigenvalue weighted by Gasteiger charge is 2.25. The van der Waals surface area contributed by atoms with Gasteiger partial charge in [-0.25, -0.2) is 0 Å². The van der Waals surface area contributed by atoms with Gasteiger partial charge in [0.2, 0.25) is 5.91 Å². The molecule has 4 rings (SSSR count). The largest absolute Gasteiger partial charge is 0.348 e. The van der Waals surface area contributed by atoms with Crippen molar-refractivity contribution in [1.29, 1.82) is 0 Å². The zero-order valence-corrected chi connectivity index (χ0v) is 18.6. The third-order valence-electron chi connectivity index (χ3n) is 5.53. The maximum Gasteiger partial charge on any atom is 0.274 e. The van der Waals surface area contributed by atoms with E-state index in [9.17, 15) is 9.59 Å². The number of likely N-dealkylation sites (N-methyl/N-ethyl adjacent to an activating group) is 1. The Bertz CT molecular complexity index is 1020. The summed E-state index contributed by atoms with van der Waals surface area (Å²) in [6, 6.07) is 15.5. The molecule has 2 aromatic heterocycles. The van der Waals surface area contributed by atoms with Gasteiger partial charge in [0.05, 0.1) is 16.6 Å². The molecule has 31 heavy (non-hydrogen) atoms. The number of hydrogen-bond donors (Lipinski definition) is 1. The molecule has 162 valence electrons. The second-order valence-corrected chi connectivity index (χ2v) is 8.79. The van der Waals surface area contributed by atoms with Gasteiger partial charge in [-0.15, -0.1) is 11.3 Å². The van der Waals surface area contributed by atoms with Crippen LogP contribution in [0.2, 0.25) is 0 Å². The highest BCUT2D eigenvalue weighted by atomic mass is 32.1. The van der Waals surface area contributed by atoms with E-state index in [2.05, 4.69) is 22.4 Å². The summed E-state index contributed by atoms with van der Waals surface area (Å²) in [5.41, 5.74) is 2.22. The normalized spacial score (nSPS) is 15.6. The smallest absolute Gasteiger partial charge is 0.274 e. The molecule has 8 heteroatoms. The first-order chi connectivity index (χ1) is 15.0. The van der Waals surface area contributed by atoms with Crippen molar-refractivity contribution < 1.29 is 9.59 Å². The fraction of sp³-hybridized carbons (Fsp3) is 0.348. The molecule has 0 spiro atoms. The second kappa shape index (κ2) is 9.45. The summed E-state index contributed by atoms with van der Waals surface area (Å²) in [5.74, 6) is -0.224. The van der Waals surface area contributed by atoms with Crippen molar-refractivity contribution in [1.82, 2.24) is 24.9 Å². The Labute approximate surface area is 186 Å². The van der Waals surface area contributed by atoms with Crippen molar-refractivity contribution in [2.75, 3.05) is 33.2 Å². The number of piperazine rings is 1. The quantitative estimate of drug-likeness (QED) is 0.644. The SMILES string of the molecule is C[C@H](NC(=O)Cn1nc(C(=O)N2CCN(C)CC2)cc1-c1cccs1)c1ccccc1. The molecule has 1 atom stereocenters. The molecule has 7 nitrogen and oxygen atoms in total.